The van der Waals surface area contributed by atoms with Crippen molar-refractivity contribution >= 4 is 49.6 Å². The maximum Gasteiger partial charge on any atom is 0.103 e. The molecule has 0 bridgehead atoms. The van der Waals surface area contributed by atoms with Gasteiger partial charge < -0.3 is 9.30 Å². The second kappa shape index (κ2) is 7.14. The Hall–Kier alpha value is -0.920. The van der Waals surface area contributed by atoms with E-state index in [2.05, 4.69) is 90.5 Å². The normalized spacial score (nSPS) is 17.2. The molecule has 0 aliphatic carbocycles. The smallest absolute Gasteiger partial charge is 0.103 e. The number of rotatable bonds is 3. The standard InChI is InChI=1S/C19H18BrIN2O/c20-16-10-15(21)11-17-18(16)22-12-23(17)19(13-4-2-1-3-5-13)14-6-8-24-9-7-14/h1-5,10-12,14,19H,6-9H2. The van der Waals surface area contributed by atoms with Crippen molar-refractivity contribution in [2.45, 2.75) is 18.9 Å². The Kier molecular flexibility index (Phi) is 4.92. The van der Waals surface area contributed by atoms with E-state index >= 15 is 0 Å². The SMILES string of the molecule is Brc1cc(I)cc2c1ncn2C(c1ccccc1)C1CCOCC1. The lowest BCUT2D eigenvalue weighted by Crippen LogP contribution is -2.26. The molecule has 0 amide bonds. The highest BCUT2D eigenvalue weighted by atomic mass is 127. The fourth-order valence-electron chi connectivity index (χ4n) is 3.62. The molecule has 124 valence electrons. The maximum atomic E-state index is 5.60. The van der Waals surface area contributed by atoms with Gasteiger partial charge in [-0.3, -0.25) is 0 Å². The number of halogens is 2. The predicted molar refractivity (Wildman–Crippen MR) is 108 cm³/mol. The zero-order valence-electron chi connectivity index (χ0n) is 13.2. The summed E-state index contributed by atoms with van der Waals surface area (Å²) in [5.74, 6) is 0.565. The van der Waals surface area contributed by atoms with Gasteiger partial charge in [-0.05, 0) is 75.0 Å². The molecule has 4 rings (SSSR count). The van der Waals surface area contributed by atoms with Crippen LogP contribution in [-0.4, -0.2) is 22.8 Å². The molecule has 1 aliphatic heterocycles. The predicted octanol–water partition coefficient (Wildman–Crippen LogP) is 5.42. The van der Waals surface area contributed by atoms with Crippen LogP contribution in [0.25, 0.3) is 11.0 Å². The van der Waals surface area contributed by atoms with Gasteiger partial charge in [0, 0.05) is 21.3 Å². The fourth-order valence-corrected chi connectivity index (χ4v) is 5.21. The van der Waals surface area contributed by atoms with Crippen molar-refractivity contribution in [2.75, 3.05) is 13.2 Å². The highest BCUT2D eigenvalue weighted by molar-refractivity contribution is 14.1. The van der Waals surface area contributed by atoms with Gasteiger partial charge in [-0.25, -0.2) is 4.98 Å². The number of aromatic nitrogens is 2. The van der Waals surface area contributed by atoms with E-state index in [1.807, 2.05) is 6.33 Å². The number of nitrogens with zero attached hydrogens (tertiary/aromatic N) is 2. The van der Waals surface area contributed by atoms with Crippen LogP contribution in [0.15, 0.2) is 53.3 Å². The Morgan fingerprint density at radius 3 is 2.67 bits per heavy atom. The average Bonchev–Trinajstić information content (AvgIpc) is 3.01. The van der Waals surface area contributed by atoms with Gasteiger partial charge in [0.2, 0.25) is 0 Å². The minimum Gasteiger partial charge on any atom is -0.381 e. The number of benzene rings is 2. The second-order valence-electron chi connectivity index (χ2n) is 6.21. The molecule has 0 N–H and O–H groups in total. The van der Waals surface area contributed by atoms with E-state index in [1.165, 1.54) is 14.7 Å². The second-order valence-corrected chi connectivity index (χ2v) is 8.31. The third-order valence-corrected chi connectivity index (χ3v) is 5.98. The molecule has 24 heavy (non-hydrogen) atoms. The van der Waals surface area contributed by atoms with Gasteiger partial charge in [-0.15, -0.1) is 0 Å². The van der Waals surface area contributed by atoms with Crippen molar-refractivity contribution in [3.8, 4) is 0 Å². The summed E-state index contributed by atoms with van der Waals surface area (Å²) in [7, 11) is 0. The fraction of sp³-hybridized carbons (Fsp3) is 0.316. The molecule has 1 aromatic heterocycles. The van der Waals surface area contributed by atoms with Crippen LogP contribution in [0.5, 0.6) is 0 Å². The van der Waals surface area contributed by atoms with E-state index in [9.17, 15) is 0 Å². The topological polar surface area (TPSA) is 27.1 Å². The Bertz CT molecular complexity index is 843. The van der Waals surface area contributed by atoms with Gasteiger partial charge >= 0.3 is 0 Å². The highest BCUT2D eigenvalue weighted by Crippen LogP contribution is 2.37. The van der Waals surface area contributed by atoms with Crippen LogP contribution < -0.4 is 0 Å². The molecule has 1 fully saturated rings. The molecule has 5 heteroatoms. The quantitative estimate of drug-likeness (QED) is 0.453. The summed E-state index contributed by atoms with van der Waals surface area (Å²) in [6.45, 7) is 1.70. The van der Waals surface area contributed by atoms with Crippen LogP contribution >= 0.6 is 38.5 Å². The molecule has 1 saturated heterocycles. The van der Waals surface area contributed by atoms with Crippen LogP contribution in [0.1, 0.15) is 24.4 Å². The molecule has 1 atom stereocenters. The molecule has 2 aromatic carbocycles. The number of imidazole rings is 1. The van der Waals surface area contributed by atoms with E-state index < -0.39 is 0 Å². The van der Waals surface area contributed by atoms with Gasteiger partial charge in [0.25, 0.3) is 0 Å². The summed E-state index contributed by atoms with van der Waals surface area (Å²) in [5.41, 5.74) is 3.57. The van der Waals surface area contributed by atoms with Crippen molar-refractivity contribution < 1.29 is 4.74 Å². The maximum absolute atomic E-state index is 5.60. The van der Waals surface area contributed by atoms with Gasteiger partial charge in [0.1, 0.15) is 5.52 Å². The Morgan fingerprint density at radius 2 is 1.92 bits per heavy atom. The van der Waals surface area contributed by atoms with E-state index in [1.54, 1.807) is 0 Å². The Morgan fingerprint density at radius 1 is 1.17 bits per heavy atom. The van der Waals surface area contributed by atoms with Gasteiger partial charge in [0.05, 0.1) is 17.9 Å². The first-order valence-electron chi connectivity index (χ1n) is 8.18. The lowest BCUT2D eigenvalue weighted by molar-refractivity contribution is 0.0547. The number of ether oxygens (including phenoxy) is 1. The minimum absolute atomic E-state index is 0.296. The van der Waals surface area contributed by atoms with Crippen LogP contribution in [0.2, 0.25) is 0 Å². The van der Waals surface area contributed by atoms with Crippen LogP contribution in [0, 0.1) is 9.49 Å². The Labute approximate surface area is 163 Å². The Balaban J connectivity index is 1.87. The monoisotopic (exact) mass is 496 g/mol. The number of hydrogen-bond acceptors (Lipinski definition) is 2. The third-order valence-electron chi connectivity index (χ3n) is 4.75. The first-order chi connectivity index (χ1) is 11.7. The summed E-state index contributed by atoms with van der Waals surface area (Å²) in [6, 6.07) is 15.4. The van der Waals surface area contributed by atoms with Gasteiger partial charge in [-0.2, -0.15) is 0 Å². The minimum atomic E-state index is 0.296. The van der Waals surface area contributed by atoms with E-state index in [0.717, 1.165) is 36.0 Å². The van der Waals surface area contributed by atoms with Crippen LogP contribution in [0.3, 0.4) is 0 Å². The van der Waals surface area contributed by atoms with E-state index in [4.69, 9.17) is 4.74 Å². The largest absolute Gasteiger partial charge is 0.381 e. The van der Waals surface area contributed by atoms with Crippen LogP contribution in [-0.2, 0) is 4.74 Å². The first-order valence-corrected chi connectivity index (χ1v) is 10.1. The third kappa shape index (κ3) is 3.13. The van der Waals surface area contributed by atoms with Crippen molar-refractivity contribution in [1.29, 1.82) is 0 Å². The summed E-state index contributed by atoms with van der Waals surface area (Å²) >= 11 is 6.03. The molecule has 3 aromatic rings. The molecule has 0 saturated carbocycles. The number of hydrogen-bond donors (Lipinski definition) is 0. The number of fused-ring (bicyclic) bond motifs is 1. The molecule has 0 spiro atoms. The molecule has 1 aliphatic rings. The van der Waals surface area contributed by atoms with Crippen molar-refractivity contribution in [2.24, 2.45) is 5.92 Å². The summed E-state index contributed by atoms with van der Waals surface area (Å²) in [5, 5.41) is 0. The highest BCUT2D eigenvalue weighted by Gasteiger charge is 2.28. The molecule has 2 heterocycles. The van der Waals surface area contributed by atoms with E-state index in [0.29, 0.717) is 12.0 Å². The average molecular weight is 497 g/mol. The molecule has 1 unspecified atom stereocenters. The first kappa shape index (κ1) is 16.5. The molecule has 3 nitrogen and oxygen atoms in total. The van der Waals surface area contributed by atoms with E-state index in [-0.39, 0.29) is 0 Å². The zero-order chi connectivity index (χ0) is 16.5. The van der Waals surface area contributed by atoms with Gasteiger partial charge in [-0.1, -0.05) is 30.3 Å². The van der Waals surface area contributed by atoms with Crippen molar-refractivity contribution in [3.05, 3.63) is 62.4 Å². The molecule has 0 radical (unpaired) electrons. The zero-order valence-corrected chi connectivity index (χ0v) is 16.9. The summed E-state index contributed by atoms with van der Waals surface area (Å²) in [6.07, 6.45) is 4.17. The lowest BCUT2D eigenvalue weighted by atomic mass is 9.87. The van der Waals surface area contributed by atoms with Crippen molar-refractivity contribution in [3.63, 3.8) is 0 Å². The van der Waals surface area contributed by atoms with Gasteiger partial charge in [0.15, 0.2) is 0 Å². The van der Waals surface area contributed by atoms with Crippen LogP contribution in [0.4, 0.5) is 0 Å². The molecular formula is C19H18BrIN2O. The lowest BCUT2D eigenvalue weighted by Gasteiger charge is -2.32. The molecular weight excluding hydrogens is 479 g/mol. The van der Waals surface area contributed by atoms with Crippen molar-refractivity contribution in [1.82, 2.24) is 9.55 Å². The summed E-state index contributed by atoms with van der Waals surface area (Å²) < 4.78 is 10.2. The summed E-state index contributed by atoms with van der Waals surface area (Å²) in [4.78, 5) is 4.68.